The molecule has 14 heavy (non-hydrogen) atoms. The van der Waals surface area contributed by atoms with E-state index in [1.165, 1.54) is 11.3 Å². The quantitative estimate of drug-likeness (QED) is 0.667. The highest BCUT2D eigenvalue weighted by molar-refractivity contribution is 7.07. The van der Waals surface area contributed by atoms with E-state index in [2.05, 4.69) is 10.3 Å². The normalized spacial score (nSPS) is 10.6. The van der Waals surface area contributed by atoms with Gasteiger partial charge in [-0.1, -0.05) is 11.3 Å². The first kappa shape index (κ1) is 11.4. The molecule has 0 atom stereocenters. The van der Waals surface area contributed by atoms with Crippen LogP contribution in [0.15, 0.2) is 10.2 Å². The number of hydrogen-bond donors (Lipinski definition) is 2. The smallest absolute Gasteiger partial charge is 0.304 e. The molecule has 80 valence electrons. The van der Waals surface area contributed by atoms with Crippen LogP contribution in [-0.4, -0.2) is 24.7 Å². The Morgan fingerprint density at radius 2 is 2.50 bits per heavy atom. The van der Waals surface area contributed by atoms with Gasteiger partial charge in [-0.05, 0) is 19.9 Å². The highest BCUT2D eigenvalue weighted by atomic mass is 32.1. The molecular weight excluding hydrogens is 200 g/mol. The molecule has 0 aliphatic heterocycles. The topological polar surface area (TPSA) is 54.1 Å². The van der Waals surface area contributed by atoms with Crippen LogP contribution in [0.1, 0.15) is 19.0 Å². The summed E-state index contributed by atoms with van der Waals surface area (Å²) in [5.41, 5.74) is 0.955. The largest absolute Gasteiger partial charge is 0.382 e. The van der Waals surface area contributed by atoms with Crippen molar-refractivity contribution >= 4 is 11.3 Å². The van der Waals surface area contributed by atoms with Gasteiger partial charge in [0, 0.05) is 30.8 Å². The first-order chi connectivity index (χ1) is 6.83. The van der Waals surface area contributed by atoms with E-state index in [0.29, 0.717) is 0 Å². The number of nitrogens with one attached hydrogen (secondary N) is 2. The van der Waals surface area contributed by atoms with Crippen LogP contribution in [0, 0.1) is 0 Å². The Hall–Kier alpha value is -0.650. The number of ether oxygens (including phenoxy) is 1. The van der Waals surface area contributed by atoms with Crippen molar-refractivity contribution in [3.63, 3.8) is 0 Å². The van der Waals surface area contributed by atoms with E-state index in [-0.39, 0.29) is 4.87 Å². The monoisotopic (exact) mass is 216 g/mol. The summed E-state index contributed by atoms with van der Waals surface area (Å²) in [6, 6.07) is 0. The fourth-order valence-corrected chi connectivity index (χ4v) is 1.65. The molecule has 5 heteroatoms. The molecule has 0 unspecified atom stereocenters. The van der Waals surface area contributed by atoms with Gasteiger partial charge in [-0.2, -0.15) is 0 Å². The van der Waals surface area contributed by atoms with Gasteiger partial charge in [0.2, 0.25) is 0 Å². The van der Waals surface area contributed by atoms with Gasteiger partial charge in [0.15, 0.2) is 0 Å². The summed E-state index contributed by atoms with van der Waals surface area (Å²) in [5, 5.41) is 5.08. The zero-order valence-corrected chi connectivity index (χ0v) is 9.15. The average molecular weight is 216 g/mol. The number of thiazole rings is 1. The molecule has 1 rings (SSSR count). The molecule has 4 nitrogen and oxygen atoms in total. The molecule has 0 spiro atoms. The minimum Gasteiger partial charge on any atom is -0.382 e. The summed E-state index contributed by atoms with van der Waals surface area (Å²) in [6.07, 6.45) is 1.00. The van der Waals surface area contributed by atoms with Crippen molar-refractivity contribution in [3.05, 3.63) is 20.7 Å². The van der Waals surface area contributed by atoms with Gasteiger partial charge in [-0.25, -0.2) is 0 Å². The van der Waals surface area contributed by atoms with Crippen LogP contribution in [0.2, 0.25) is 0 Å². The summed E-state index contributed by atoms with van der Waals surface area (Å²) >= 11 is 1.20. The SMILES string of the molecule is CCOCCCNCc1csc(=O)[nH]1. The van der Waals surface area contributed by atoms with E-state index in [1.54, 1.807) is 0 Å². The van der Waals surface area contributed by atoms with E-state index >= 15 is 0 Å². The van der Waals surface area contributed by atoms with Crippen LogP contribution in [0.4, 0.5) is 0 Å². The third kappa shape index (κ3) is 4.55. The molecule has 0 radical (unpaired) electrons. The second-order valence-electron chi connectivity index (χ2n) is 2.90. The van der Waals surface area contributed by atoms with Crippen LogP contribution in [0.3, 0.4) is 0 Å². The van der Waals surface area contributed by atoms with Crippen molar-refractivity contribution in [1.29, 1.82) is 0 Å². The van der Waals surface area contributed by atoms with Crippen molar-refractivity contribution < 1.29 is 4.74 Å². The Bertz CT molecular complexity index is 295. The zero-order valence-electron chi connectivity index (χ0n) is 8.34. The van der Waals surface area contributed by atoms with Crippen LogP contribution >= 0.6 is 11.3 Å². The Labute approximate surface area is 87.3 Å². The molecule has 2 N–H and O–H groups in total. The van der Waals surface area contributed by atoms with Gasteiger partial charge in [-0.3, -0.25) is 4.79 Å². The molecule has 0 aromatic carbocycles. The molecule has 1 aromatic heterocycles. The lowest BCUT2D eigenvalue weighted by Crippen LogP contribution is -2.17. The lowest BCUT2D eigenvalue weighted by atomic mass is 10.4. The van der Waals surface area contributed by atoms with Crippen molar-refractivity contribution in [2.45, 2.75) is 19.9 Å². The van der Waals surface area contributed by atoms with Gasteiger partial charge >= 0.3 is 4.87 Å². The van der Waals surface area contributed by atoms with Crippen LogP contribution in [0.25, 0.3) is 0 Å². The molecule has 0 amide bonds. The van der Waals surface area contributed by atoms with Crippen molar-refractivity contribution in [2.75, 3.05) is 19.8 Å². The minimum absolute atomic E-state index is 0.0103. The molecule has 0 aliphatic carbocycles. The van der Waals surface area contributed by atoms with E-state index in [9.17, 15) is 4.79 Å². The number of H-pyrrole nitrogens is 1. The van der Waals surface area contributed by atoms with Crippen LogP contribution < -0.4 is 10.2 Å². The van der Waals surface area contributed by atoms with Crippen molar-refractivity contribution in [3.8, 4) is 0 Å². The zero-order chi connectivity index (χ0) is 10.2. The third-order valence-electron chi connectivity index (χ3n) is 1.73. The lowest BCUT2D eigenvalue weighted by Gasteiger charge is -2.02. The van der Waals surface area contributed by atoms with E-state index in [0.717, 1.165) is 38.4 Å². The maximum atomic E-state index is 10.8. The summed E-state index contributed by atoms with van der Waals surface area (Å²) in [7, 11) is 0. The Balaban J connectivity index is 2.02. The molecular formula is C9H16N2O2S. The fraction of sp³-hybridized carbons (Fsp3) is 0.667. The number of aromatic amines is 1. The van der Waals surface area contributed by atoms with Gasteiger partial charge in [0.25, 0.3) is 0 Å². The second kappa shape index (κ2) is 6.75. The standard InChI is InChI=1S/C9H16N2O2S/c1-2-13-5-3-4-10-6-8-7-14-9(12)11-8/h7,10H,2-6H2,1H3,(H,11,12). The first-order valence-corrected chi connectivity index (χ1v) is 5.66. The summed E-state index contributed by atoms with van der Waals surface area (Å²) < 4.78 is 5.19. The summed E-state index contributed by atoms with van der Waals surface area (Å²) in [6.45, 7) is 5.20. The summed E-state index contributed by atoms with van der Waals surface area (Å²) in [5.74, 6) is 0. The summed E-state index contributed by atoms with van der Waals surface area (Å²) in [4.78, 5) is 13.5. The van der Waals surface area contributed by atoms with Gasteiger partial charge in [0.05, 0.1) is 0 Å². The lowest BCUT2D eigenvalue weighted by molar-refractivity contribution is 0.144. The van der Waals surface area contributed by atoms with Crippen molar-refractivity contribution in [2.24, 2.45) is 0 Å². The van der Waals surface area contributed by atoms with Crippen LogP contribution in [-0.2, 0) is 11.3 Å². The Kier molecular flexibility index (Phi) is 5.51. The predicted molar refractivity (Wildman–Crippen MR) is 57.8 cm³/mol. The molecule has 0 saturated heterocycles. The molecule has 0 fully saturated rings. The number of hydrogen-bond acceptors (Lipinski definition) is 4. The number of rotatable bonds is 7. The average Bonchev–Trinajstić information content (AvgIpc) is 2.58. The maximum Gasteiger partial charge on any atom is 0.304 e. The van der Waals surface area contributed by atoms with E-state index < -0.39 is 0 Å². The van der Waals surface area contributed by atoms with Gasteiger partial charge in [0.1, 0.15) is 0 Å². The van der Waals surface area contributed by atoms with Gasteiger partial charge in [-0.15, -0.1) is 0 Å². The molecule has 0 bridgehead atoms. The van der Waals surface area contributed by atoms with E-state index in [4.69, 9.17) is 4.74 Å². The highest BCUT2D eigenvalue weighted by Gasteiger charge is 1.95. The first-order valence-electron chi connectivity index (χ1n) is 4.78. The van der Waals surface area contributed by atoms with E-state index in [1.807, 2.05) is 12.3 Å². The predicted octanol–water partition coefficient (Wildman–Crippen LogP) is 0.953. The Morgan fingerprint density at radius 1 is 1.64 bits per heavy atom. The molecule has 0 aliphatic rings. The van der Waals surface area contributed by atoms with Crippen LogP contribution in [0.5, 0.6) is 0 Å². The van der Waals surface area contributed by atoms with Crippen molar-refractivity contribution in [1.82, 2.24) is 10.3 Å². The Morgan fingerprint density at radius 3 is 3.14 bits per heavy atom. The third-order valence-corrected chi connectivity index (χ3v) is 2.45. The molecule has 1 aromatic rings. The number of aromatic nitrogens is 1. The second-order valence-corrected chi connectivity index (χ2v) is 3.74. The highest BCUT2D eigenvalue weighted by Crippen LogP contribution is 1.94. The molecule has 0 saturated carbocycles. The van der Waals surface area contributed by atoms with Gasteiger partial charge < -0.3 is 15.0 Å². The maximum absolute atomic E-state index is 10.8. The molecule has 1 heterocycles. The minimum atomic E-state index is 0.0103. The fourth-order valence-electron chi connectivity index (χ4n) is 1.07.